The van der Waals surface area contributed by atoms with Crippen molar-refractivity contribution < 1.29 is 4.79 Å². The number of nitrogens with zero attached hydrogens (tertiary/aromatic N) is 2. The number of thioether (sulfide) groups is 1. The molecule has 0 bridgehead atoms. The molecule has 0 unspecified atom stereocenters. The number of halogens is 1. The minimum Gasteiger partial charge on any atom is -0.272 e. The van der Waals surface area contributed by atoms with Gasteiger partial charge in [-0.1, -0.05) is 35.5 Å². The van der Waals surface area contributed by atoms with Crippen LogP contribution in [0.4, 0.5) is 0 Å². The second-order valence-electron chi connectivity index (χ2n) is 4.57. The first-order chi connectivity index (χ1) is 11.1. The van der Waals surface area contributed by atoms with Crippen LogP contribution in [0.2, 0.25) is 4.34 Å². The SMILES string of the molecule is C/C(=N/NC(=O)CSc1nc2ccccc2s1)c1ccc(Cl)s1. The zero-order valence-corrected chi connectivity index (χ0v) is 15.3. The van der Waals surface area contributed by atoms with Gasteiger partial charge in [0.25, 0.3) is 5.91 Å². The molecular weight excluding hydrogens is 370 g/mol. The summed E-state index contributed by atoms with van der Waals surface area (Å²) >= 11 is 10.3. The molecule has 0 aliphatic carbocycles. The van der Waals surface area contributed by atoms with Crippen LogP contribution in [0.3, 0.4) is 0 Å². The normalized spacial score (nSPS) is 11.8. The molecule has 3 aromatic rings. The van der Waals surface area contributed by atoms with Crippen LogP contribution in [-0.4, -0.2) is 22.4 Å². The molecule has 2 heterocycles. The van der Waals surface area contributed by atoms with E-state index in [1.54, 1.807) is 11.3 Å². The van der Waals surface area contributed by atoms with Crippen LogP contribution in [0, 0.1) is 0 Å². The van der Waals surface area contributed by atoms with Crippen molar-refractivity contribution in [1.29, 1.82) is 0 Å². The van der Waals surface area contributed by atoms with Gasteiger partial charge in [0.2, 0.25) is 0 Å². The molecule has 0 aliphatic rings. The van der Waals surface area contributed by atoms with Crippen molar-refractivity contribution in [3.05, 3.63) is 45.6 Å². The summed E-state index contributed by atoms with van der Waals surface area (Å²) in [6.07, 6.45) is 0. The summed E-state index contributed by atoms with van der Waals surface area (Å²) in [6, 6.07) is 11.6. The Labute approximate surface area is 150 Å². The van der Waals surface area contributed by atoms with E-state index in [4.69, 9.17) is 11.6 Å². The lowest BCUT2D eigenvalue weighted by molar-refractivity contribution is -0.118. The van der Waals surface area contributed by atoms with Crippen LogP contribution in [0.15, 0.2) is 45.8 Å². The van der Waals surface area contributed by atoms with Gasteiger partial charge in [0.1, 0.15) is 0 Å². The van der Waals surface area contributed by atoms with Gasteiger partial charge in [-0.05, 0) is 31.2 Å². The van der Waals surface area contributed by atoms with Gasteiger partial charge >= 0.3 is 0 Å². The molecule has 0 fully saturated rings. The number of rotatable bonds is 5. The van der Waals surface area contributed by atoms with Gasteiger partial charge in [0.05, 0.1) is 30.9 Å². The molecule has 0 atom stereocenters. The highest BCUT2D eigenvalue weighted by Crippen LogP contribution is 2.29. The first-order valence-corrected chi connectivity index (χ1v) is 9.68. The fourth-order valence-corrected chi connectivity index (χ4v) is 4.63. The van der Waals surface area contributed by atoms with Crippen molar-refractivity contribution >= 4 is 67.9 Å². The number of thiazole rings is 1. The van der Waals surface area contributed by atoms with Gasteiger partial charge < -0.3 is 0 Å². The minimum atomic E-state index is -0.156. The monoisotopic (exact) mass is 381 g/mol. The van der Waals surface area contributed by atoms with Gasteiger partial charge in [-0.3, -0.25) is 4.79 Å². The molecular formula is C15H12ClN3OS3. The second-order valence-corrected chi connectivity index (χ2v) is 8.54. The maximum absolute atomic E-state index is 11.9. The van der Waals surface area contributed by atoms with E-state index in [1.807, 2.05) is 43.3 Å². The number of nitrogens with one attached hydrogen (secondary N) is 1. The molecule has 0 aliphatic heterocycles. The summed E-state index contributed by atoms with van der Waals surface area (Å²) in [5.41, 5.74) is 4.26. The number of thiophene rings is 1. The Morgan fingerprint density at radius 3 is 2.87 bits per heavy atom. The summed E-state index contributed by atoms with van der Waals surface area (Å²) in [5, 5.41) is 4.10. The predicted molar refractivity (Wildman–Crippen MR) is 100 cm³/mol. The molecule has 8 heteroatoms. The van der Waals surface area contributed by atoms with Crippen molar-refractivity contribution in [3.8, 4) is 0 Å². The quantitative estimate of drug-likeness (QED) is 0.398. The van der Waals surface area contributed by atoms with E-state index in [0.717, 1.165) is 25.1 Å². The van der Waals surface area contributed by atoms with Gasteiger partial charge in [-0.2, -0.15) is 5.10 Å². The molecule has 1 amide bonds. The Balaban J connectivity index is 1.55. The number of hydrogen-bond acceptors (Lipinski definition) is 6. The van der Waals surface area contributed by atoms with Crippen molar-refractivity contribution in [1.82, 2.24) is 10.4 Å². The number of fused-ring (bicyclic) bond motifs is 1. The fraction of sp³-hybridized carbons (Fsp3) is 0.133. The third-order valence-electron chi connectivity index (χ3n) is 2.88. The van der Waals surface area contributed by atoms with Crippen molar-refractivity contribution in [2.75, 3.05) is 5.75 Å². The number of carbonyl (C=O) groups is 1. The minimum absolute atomic E-state index is 0.156. The first-order valence-electron chi connectivity index (χ1n) is 6.69. The van der Waals surface area contributed by atoms with Crippen LogP contribution < -0.4 is 5.43 Å². The molecule has 4 nitrogen and oxygen atoms in total. The standard InChI is InChI=1S/C15H12ClN3OS3/c1-9(11-6-7-13(16)22-11)18-19-14(20)8-21-15-17-10-4-2-3-5-12(10)23-15/h2-7H,8H2,1H3,(H,19,20)/b18-9-. The third-order valence-corrected chi connectivity index (χ3v) is 6.40. The summed E-state index contributed by atoms with van der Waals surface area (Å²) in [6.45, 7) is 1.84. The number of carbonyl (C=O) groups excluding carboxylic acids is 1. The fourth-order valence-electron chi connectivity index (χ4n) is 1.78. The molecule has 0 saturated carbocycles. The van der Waals surface area contributed by atoms with Crippen LogP contribution >= 0.6 is 46.0 Å². The molecule has 118 valence electrons. The highest BCUT2D eigenvalue weighted by molar-refractivity contribution is 8.01. The van der Waals surface area contributed by atoms with Crippen LogP contribution in [0.25, 0.3) is 10.2 Å². The Kier molecular flexibility index (Phi) is 5.32. The lowest BCUT2D eigenvalue weighted by Crippen LogP contribution is -2.20. The topological polar surface area (TPSA) is 54.4 Å². The van der Waals surface area contributed by atoms with E-state index in [-0.39, 0.29) is 11.7 Å². The molecule has 1 N–H and O–H groups in total. The van der Waals surface area contributed by atoms with Crippen LogP contribution in [0.5, 0.6) is 0 Å². The van der Waals surface area contributed by atoms with Crippen LogP contribution in [0.1, 0.15) is 11.8 Å². The number of para-hydroxylation sites is 1. The largest absolute Gasteiger partial charge is 0.272 e. The van der Waals surface area contributed by atoms with E-state index in [2.05, 4.69) is 15.5 Å². The van der Waals surface area contributed by atoms with Gasteiger partial charge in [-0.25, -0.2) is 10.4 Å². The Hall–Kier alpha value is -1.41. The average Bonchev–Trinajstić information content (AvgIpc) is 3.16. The second kappa shape index (κ2) is 7.44. The number of benzene rings is 1. The number of hydrogen-bond donors (Lipinski definition) is 1. The van der Waals surface area contributed by atoms with Gasteiger partial charge in [0.15, 0.2) is 4.34 Å². The smallest absolute Gasteiger partial charge is 0.250 e. The third kappa shape index (κ3) is 4.32. The Bertz CT molecular complexity index is 839. The van der Waals surface area contributed by atoms with E-state index < -0.39 is 0 Å². The number of amides is 1. The molecule has 2 aromatic heterocycles. The van der Waals surface area contributed by atoms with Gasteiger partial charge in [0, 0.05) is 0 Å². The zero-order chi connectivity index (χ0) is 16.2. The summed E-state index contributed by atoms with van der Waals surface area (Å²) in [7, 11) is 0. The van der Waals surface area contributed by atoms with Gasteiger partial charge in [-0.15, -0.1) is 22.7 Å². The molecule has 0 spiro atoms. The number of aromatic nitrogens is 1. The summed E-state index contributed by atoms with van der Waals surface area (Å²) in [4.78, 5) is 17.3. The lowest BCUT2D eigenvalue weighted by atomic mass is 10.3. The molecule has 0 saturated heterocycles. The maximum Gasteiger partial charge on any atom is 0.250 e. The summed E-state index contributed by atoms with van der Waals surface area (Å²) in [5.74, 6) is 0.123. The summed E-state index contributed by atoms with van der Waals surface area (Å²) < 4.78 is 2.71. The maximum atomic E-state index is 11.9. The van der Waals surface area contributed by atoms with E-state index in [0.29, 0.717) is 4.34 Å². The zero-order valence-electron chi connectivity index (χ0n) is 12.1. The predicted octanol–water partition coefficient (Wildman–Crippen LogP) is 4.64. The van der Waals surface area contributed by atoms with Crippen molar-refractivity contribution in [3.63, 3.8) is 0 Å². The Morgan fingerprint density at radius 1 is 1.30 bits per heavy atom. The molecule has 23 heavy (non-hydrogen) atoms. The highest BCUT2D eigenvalue weighted by Gasteiger charge is 2.08. The first kappa shape index (κ1) is 16.4. The van der Waals surface area contributed by atoms with Crippen LogP contribution in [-0.2, 0) is 4.79 Å². The highest BCUT2D eigenvalue weighted by atomic mass is 35.5. The van der Waals surface area contributed by atoms with E-state index in [1.165, 1.54) is 23.1 Å². The van der Waals surface area contributed by atoms with E-state index in [9.17, 15) is 4.79 Å². The molecule has 1 aromatic carbocycles. The van der Waals surface area contributed by atoms with Crippen molar-refractivity contribution in [2.45, 2.75) is 11.3 Å². The van der Waals surface area contributed by atoms with E-state index >= 15 is 0 Å². The lowest BCUT2D eigenvalue weighted by Gasteiger charge is -2.00. The molecule has 0 radical (unpaired) electrons. The Morgan fingerprint density at radius 2 is 2.13 bits per heavy atom. The average molecular weight is 382 g/mol. The number of hydrazone groups is 1. The molecule has 3 rings (SSSR count). The van der Waals surface area contributed by atoms with Crippen molar-refractivity contribution in [2.24, 2.45) is 5.10 Å².